The van der Waals surface area contributed by atoms with Gasteiger partial charge in [0.1, 0.15) is 11.5 Å². The van der Waals surface area contributed by atoms with Crippen molar-refractivity contribution in [1.82, 2.24) is 4.90 Å². The van der Waals surface area contributed by atoms with Gasteiger partial charge < -0.3 is 14.9 Å². The number of likely N-dealkylation sites (N-methyl/N-ethyl adjacent to an activating group) is 1. The number of thioether (sulfide) groups is 1. The van der Waals surface area contributed by atoms with Gasteiger partial charge in [-0.1, -0.05) is 18.2 Å². The second-order valence-electron chi connectivity index (χ2n) is 6.21. The average Bonchev–Trinajstić information content (AvgIpc) is 2.99. The molecule has 1 atom stereocenters. The molecule has 0 radical (unpaired) electrons. The van der Waals surface area contributed by atoms with Gasteiger partial charge in [0.15, 0.2) is 11.3 Å². The summed E-state index contributed by atoms with van der Waals surface area (Å²) in [5.74, 6) is -0.727. The van der Waals surface area contributed by atoms with Crippen LogP contribution in [0.3, 0.4) is 0 Å². The lowest BCUT2D eigenvalue weighted by Gasteiger charge is -2.13. The number of aromatic hydroxyl groups is 1. The van der Waals surface area contributed by atoms with Gasteiger partial charge in [-0.05, 0) is 62.0 Å². The second kappa shape index (κ2) is 8.83. The average molecular weight is 412 g/mol. The summed E-state index contributed by atoms with van der Waals surface area (Å²) in [6.07, 6.45) is 0.666. The standard InChI is InChI=1S/C21H20N2O5S/c1-3-23-19(25)18(29-21(23)22-15-8-10-16(24)11-9-15)12-14-6-4-5-7-17(14)28-13(2)20(26)27/h4-13,24H,3H2,1-2H3,(H,26,27)/b18-12-,22-21?. The van der Waals surface area contributed by atoms with Gasteiger partial charge >= 0.3 is 5.97 Å². The Balaban J connectivity index is 1.92. The molecule has 1 aliphatic heterocycles. The number of aliphatic carboxylic acids is 1. The highest BCUT2D eigenvalue weighted by Crippen LogP contribution is 2.35. The van der Waals surface area contributed by atoms with E-state index in [1.165, 1.54) is 30.8 Å². The lowest BCUT2D eigenvalue weighted by molar-refractivity contribution is -0.144. The quantitative estimate of drug-likeness (QED) is 0.699. The van der Waals surface area contributed by atoms with Gasteiger partial charge in [0.25, 0.3) is 5.91 Å². The lowest BCUT2D eigenvalue weighted by Crippen LogP contribution is -2.28. The molecule has 0 spiro atoms. The number of carbonyl (C=O) groups is 2. The smallest absolute Gasteiger partial charge is 0.344 e. The minimum Gasteiger partial charge on any atom is -0.508 e. The van der Waals surface area contributed by atoms with E-state index in [0.29, 0.717) is 33.6 Å². The number of amidine groups is 1. The SMILES string of the molecule is CCN1C(=O)/C(=C/c2ccccc2OC(C)C(=O)O)SC1=Nc1ccc(O)cc1. The van der Waals surface area contributed by atoms with Gasteiger partial charge in [-0.15, -0.1) is 0 Å². The van der Waals surface area contributed by atoms with Crippen LogP contribution in [0, 0.1) is 0 Å². The molecule has 1 unspecified atom stereocenters. The molecule has 1 heterocycles. The third-order valence-corrected chi connectivity index (χ3v) is 5.14. The Morgan fingerprint density at radius 3 is 2.59 bits per heavy atom. The van der Waals surface area contributed by atoms with Crippen LogP contribution in [0.4, 0.5) is 5.69 Å². The number of para-hydroxylation sites is 1. The predicted octanol–water partition coefficient (Wildman–Crippen LogP) is 3.87. The zero-order valence-corrected chi connectivity index (χ0v) is 16.7. The van der Waals surface area contributed by atoms with Crippen molar-refractivity contribution < 1.29 is 24.5 Å². The first-order valence-corrected chi connectivity index (χ1v) is 9.78. The number of phenolic OH excluding ortho intramolecular Hbond substituents is 1. The monoisotopic (exact) mass is 412 g/mol. The second-order valence-corrected chi connectivity index (χ2v) is 7.22. The van der Waals surface area contributed by atoms with Crippen LogP contribution >= 0.6 is 11.8 Å². The van der Waals surface area contributed by atoms with E-state index in [9.17, 15) is 14.7 Å². The van der Waals surface area contributed by atoms with Gasteiger partial charge in [0.2, 0.25) is 0 Å². The largest absolute Gasteiger partial charge is 0.508 e. The topological polar surface area (TPSA) is 99.4 Å². The fraction of sp³-hybridized carbons (Fsp3) is 0.190. The third kappa shape index (κ3) is 4.78. The van der Waals surface area contributed by atoms with Crippen LogP contribution in [0.5, 0.6) is 11.5 Å². The summed E-state index contributed by atoms with van der Waals surface area (Å²) in [6.45, 7) is 3.76. The molecule has 29 heavy (non-hydrogen) atoms. The van der Waals surface area contributed by atoms with E-state index in [4.69, 9.17) is 9.84 Å². The molecule has 150 valence electrons. The van der Waals surface area contributed by atoms with Crippen molar-refractivity contribution in [2.45, 2.75) is 20.0 Å². The highest BCUT2D eigenvalue weighted by atomic mass is 32.2. The molecule has 1 fully saturated rings. The van der Waals surface area contributed by atoms with Crippen molar-refractivity contribution >= 4 is 40.6 Å². The minimum atomic E-state index is -1.07. The maximum Gasteiger partial charge on any atom is 0.344 e. The van der Waals surface area contributed by atoms with Crippen molar-refractivity contribution in [3.63, 3.8) is 0 Å². The number of carboxylic acids is 1. The first-order valence-electron chi connectivity index (χ1n) is 8.96. The maximum atomic E-state index is 12.8. The predicted molar refractivity (Wildman–Crippen MR) is 112 cm³/mol. The van der Waals surface area contributed by atoms with Gasteiger partial charge in [-0.3, -0.25) is 9.69 Å². The van der Waals surface area contributed by atoms with Gasteiger partial charge in [0, 0.05) is 12.1 Å². The van der Waals surface area contributed by atoms with E-state index < -0.39 is 12.1 Å². The highest BCUT2D eigenvalue weighted by molar-refractivity contribution is 8.18. The first-order chi connectivity index (χ1) is 13.9. The summed E-state index contributed by atoms with van der Waals surface area (Å²) in [5, 5.41) is 19.0. The van der Waals surface area contributed by atoms with E-state index in [-0.39, 0.29) is 11.7 Å². The number of aliphatic imine (C=N–C) groups is 1. The number of carbonyl (C=O) groups excluding carboxylic acids is 1. The molecular formula is C21H20N2O5S. The van der Waals surface area contributed by atoms with Crippen molar-refractivity contribution in [3.05, 3.63) is 59.0 Å². The molecular weight excluding hydrogens is 392 g/mol. The first kappa shape index (κ1) is 20.5. The Morgan fingerprint density at radius 2 is 1.93 bits per heavy atom. The van der Waals surface area contributed by atoms with Crippen LogP contribution in [0.15, 0.2) is 58.4 Å². The van der Waals surface area contributed by atoms with Crippen LogP contribution < -0.4 is 4.74 Å². The van der Waals surface area contributed by atoms with Crippen LogP contribution in [0.25, 0.3) is 6.08 Å². The molecule has 7 nitrogen and oxygen atoms in total. The molecule has 2 aromatic rings. The summed E-state index contributed by atoms with van der Waals surface area (Å²) in [7, 11) is 0. The van der Waals surface area contributed by atoms with Crippen LogP contribution in [0.2, 0.25) is 0 Å². The zero-order chi connectivity index (χ0) is 21.0. The summed E-state index contributed by atoms with van der Waals surface area (Å²) in [4.78, 5) is 30.4. The molecule has 2 aromatic carbocycles. The van der Waals surface area contributed by atoms with Crippen LogP contribution in [-0.2, 0) is 9.59 Å². The van der Waals surface area contributed by atoms with E-state index in [1.807, 2.05) is 6.92 Å². The van der Waals surface area contributed by atoms with E-state index >= 15 is 0 Å². The molecule has 1 saturated heterocycles. The Kier molecular flexibility index (Phi) is 6.23. The van der Waals surface area contributed by atoms with E-state index in [2.05, 4.69) is 4.99 Å². The third-order valence-electron chi connectivity index (χ3n) is 4.14. The number of amides is 1. The van der Waals surface area contributed by atoms with Gasteiger partial charge in [0.05, 0.1) is 10.6 Å². The molecule has 0 saturated carbocycles. The molecule has 1 aliphatic rings. The minimum absolute atomic E-state index is 0.143. The van der Waals surface area contributed by atoms with Gasteiger partial charge in [-0.25, -0.2) is 9.79 Å². The van der Waals surface area contributed by atoms with Crippen molar-refractivity contribution in [2.75, 3.05) is 6.54 Å². The zero-order valence-electron chi connectivity index (χ0n) is 15.9. The number of rotatable bonds is 6. The van der Waals surface area contributed by atoms with Crippen molar-refractivity contribution in [2.24, 2.45) is 4.99 Å². The summed E-state index contributed by atoms with van der Waals surface area (Å²) < 4.78 is 5.51. The number of phenols is 1. The Morgan fingerprint density at radius 1 is 1.24 bits per heavy atom. The summed E-state index contributed by atoms with van der Waals surface area (Å²) >= 11 is 1.23. The molecule has 0 bridgehead atoms. The van der Waals surface area contributed by atoms with Crippen molar-refractivity contribution in [3.8, 4) is 11.5 Å². The fourth-order valence-electron chi connectivity index (χ4n) is 2.60. The summed E-state index contributed by atoms with van der Waals surface area (Å²) in [5.41, 5.74) is 1.23. The molecule has 3 rings (SSSR count). The molecule has 0 aromatic heterocycles. The summed E-state index contributed by atoms with van der Waals surface area (Å²) in [6, 6.07) is 13.4. The molecule has 0 aliphatic carbocycles. The Bertz CT molecular complexity index is 985. The van der Waals surface area contributed by atoms with E-state index in [0.717, 1.165) is 0 Å². The molecule has 2 N–H and O–H groups in total. The molecule has 8 heteroatoms. The van der Waals surface area contributed by atoms with Crippen molar-refractivity contribution in [1.29, 1.82) is 0 Å². The maximum absolute atomic E-state index is 12.8. The van der Waals surface area contributed by atoms with Crippen LogP contribution in [0.1, 0.15) is 19.4 Å². The number of ether oxygens (including phenoxy) is 1. The molecule has 1 amide bonds. The number of benzene rings is 2. The number of nitrogens with zero attached hydrogens (tertiary/aromatic N) is 2. The highest BCUT2D eigenvalue weighted by Gasteiger charge is 2.32. The normalized spacial score (nSPS) is 17.7. The lowest BCUT2D eigenvalue weighted by atomic mass is 10.2. The fourth-order valence-corrected chi connectivity index (χ4v) is 3.65. The number of hydrogen-bond donors (Lipinski definition) is 2. The van der Waals surface area contributed by atoms with Crippen LogP contribution in [-0.4, -0.2) is 44.8 Å². The Labute approximate surface area is 172 Å². The Hall–Kier alpha value is -3.26. The van der Waals surface area contributed by atoms with Gasteiger partial charge in [-0.2, -0.15) is 0 Å². The number of hydrogen-bond acceptors (Lipinski definition) is 6. The number of carboxylic acid groups (broad SMARTS) is 1. The van der Waals surface area contributed by atoms with E-state index in [1.54, 1.807) is 47.4 Å².